The molecular formula is C23H18FN3O. The van der Waals surface area contributed by atoms with Crippen LogP contribution < -0.4 is 5.32 Å². The molecule has 1 aromatic heterocycles. The van der Waals surface area contributed by atoms with E-state index in [-0.39, 0.29) is 11.6 Å². The summed E-state index contributed by atoms with van der Waals surface area (Å²) in [5, 5.41) is 7.17. The number of para-hydroxylation sites is 1. The van der Waals surface area contributed by atoms with Crippen LogP contribution in [0.15, 0.2) is 84.9 Å². The minimum atomic E-state index is -0.466. The predicted octanol–water partition coefficient (Wildman–Crippen LogP) is 5.24. The van der Waals surface area contributed by atoms with Crippen LogP contribution in [0.25, 0.3) is 16.9 Å². The number of carbonyl (C=O) groups is 1. The van der Waals surface area contributed by atoms with E-state index >= 15 is 0 Å². The van der Waals surface area contributed by atoms with E-state index in [9.17, 15) is 9.18 Å². The molecule has 0 bridgehead atoms. The first-order chi connectivity index (χ1) is 13.6. The summed E-state index contributed by atoms with van der Waals surface area (Å²) in [6.45, 7) is 1.94. The summed E-state index contributed by atoms with van der Waals surface area (Å²) in [7, 11) is 0. The largest absolute Gasteiger partial charge is 0.319 e. The Hall–Kier alpha value is -3.73. The number of hydrogen-bond donors (Lipinski definition) is 1. The molecule has 0 fully saturated rings. The highest BCUT2D eigenvalue weighted by atomic mass is 19.1. The molecule has 0 spiro atoms. The summed E-state index contributed by atoms with van der Waals surface area (Å²) >= 11 is 0. The van der Waals surface area contributed by atoms with Gasteiger partial charge < -0.3 is 5.32 Å². The van der Waals surface area contributed by atoms with Gasteiger partial charge in [0, 0.05) is 11.1 Å². The van der Waals surface area contributed by atoms with Crippen LogP contribution in [0.3, 0.4) is 0 Å². The maximum Gasteiger partial charge on any atom is 0.255 e. The highest BCUT2D eigenvalue weighted by Crippen LogP contribution is 2.24. The Morgan fingerprint density at radius 1 is 0.929 bits per heavy atom. The molecule has 0 saturated heterocycles. The summed E-state index contributed by atoms with van der Waals surface area (Å²) in [6, 6.07) is 25.2. The lowest BCUT2D eigenvalue weighted by Crippen LogP contribution is -2.13. The van der Waals surface area contributed by atoms with Crippen LogP contribution in [0.2, 0.25) is 0 Å². The lowest BCUT2D eigenvalue weighted by molar-refractivity contribution is 0.102. The van der Waals surface area contributed by atoms with E-state index < -0.39 is 5.82 Å². The fourth-order valence-corrected chi connectivity index (χ4v) is 3.02. The van der Waals surface area contributed by atoms with Gasteiger partial charge in [-0.25, -0.2) is 9.07 Å². The summed E-state index contributed by atoms with van der Waals surface area (Å²) in [4.78, 5) is 12.4. The number of aromatic nitrogens is 2. The van der Waals surface area contributed by atoms with Crippen molar-refractivity contribution in [2.75, 3.05) is 5.32 Å². The number of amides is 1. The Morgan fingerprint density at radius 2 is 1.61 bits per heavy atom. The van der Waals surface area contributed by atoms with Crippen LogP contribution in [0.4, 0.5) is 10.1 Å². The minimum Gasteiger partial charge on any atom is -0.319 e. The molecule has 1 heterocycles. The van der Waals surface area contributed by atoms with Crippen LogP contribution in [0.1, 0.15) is 16.1 Å². The first kappa shape index (κ1) is 17.7. The smallest absolute Gasteiger partial charge is 0.255 e. The molecule has 0 atom stereocenters. The van der Waals surface area contributed by atoms with Crippen molar-refractivity contribution in [3.05, 3.63) is 102 Å². The average Bonchev–Trinajstić information content (AvgIpc) is 3.12. The van der Waals surface area contributed by atoms with Crippen LogP contribution in [0.5, 0.6) is 0 Å². The quantitative estimate of drug-likeness (QED) is 0.533. The second-order valence-electron chi connectivity index (χ2n) is 6.43. The summed E-state index contributed by atoms with van der Waals surface area (Å²) in [5.74, 6) is -0.830. The third-order valence-electron chi connectivity index (χ3n) is 4.40. The SMILES string of the molecule is Cc1cc(-c2ccccc2)n(-c2ccc(C(=O)Nc3ccccc3F)cc2)n1. The number of hydrogen-bond acceptors (Lipinski definition) is 2. The van der Waals surface area contributed by atoms with Crippen molar-refractivity contribution < 1.29 is 9.18 Å². The van der Waals surface area contributed by atoms with E-state index in [2.05, 4.69) is 10.4 Å². The van der Waals surface area contributed by atoms with E-state index in [0.29, 0.717) is 5.56 Å². The fraction of sp³-hybridized carbons (Fsp3) is 0.0435. The van der Waals surface area contributed by atoms with Crippen molar-refractivity contribution in [3.8, 4) is 16.9 Å². The molecule has 0 aliphatic carbocycles. The lowest BCUT2D eigenvalue weighted by atomic mass is 10.1. The zero-order valence-corrected chi connectivity index (χ0v) is 15.3. The number of benzene rings is 3. The second-order valence-corrected chi connectivity index (χ2v) is 6.43. The average molecular weight is 371 g/mol. The van der Waals surface area contributed by atoms with Crippen LogP contribution in [0, 0.1) is 12.7 Å². The Balaban J connectivity index is 1.61. The standard InChI is InChI=1S/C23H18FN3O/c1-16-15-22(17-7-3-2-4-8-17)27(26-16)19-13-11-18(12-14-19)23(28)25-21-10-6-5-9-20(21)24/h2-15H,1H3,(H,25,28). The lowest BCUT2D eigenvalue weighted by Gasteiger charge is -2.09. The Kier molecular flexibility index (Phi) is 4.72. The molecule has 0 saturated carbocycles. The zero-order valence-electron chi connectivity index (χ0n) is 15.3. The number of rotatable bonds is 4. The van der Waals surface area contributed by atoms with Gasteiger partial charge >= 0.3 is 0 Å². The molecule has 0 radical (unpaired) electrons. The molecule has 0 unspecified atom stereocenters. The van der Waals surface area contributed by atoms with E-state index in [1.165, 1.54) is 12.1 Å². The normalized spacial score (nSPS) is 10.6. The van der Waals surface area contributed by atoms with Crippen molar-refractivity contribution in [2.45, 2.75) is 6.92 Å². The molecule has 1 amide bonds. The predicted molar refractivity (Wildman–Crippen MR) is 108 cm³/mol. The molecule has 4 aromatic rings. The Morgan fingerprint density at radius 3 is 2.32 bits per heavy atom. The summed E-state index contributed by atoms with van der Waals surface area (Å²) in [6.07, 6.45) is 0. The highest BCUT2D eigenvalue weighted by molar-refractivity contribution is 6.04. The van der Waals surface area contributed by atoms with Crippen LogP contribution in [-0.2, 0) is 0 Å². The molecule has 5 heteroatoms. The zero-order chi connectivity index (χ0) is 19.5. The minimum absolute atomic E-state index is 0.158. The number of halogens is 1. The molecule has 28 heavy (non-hydrogen) atoms. The topological polar surface area (TPSA) is 46.9 Å². The summed E-state index contributed by atoms with van der Waals surface area (Å²) in [5.41, 5.74) is 4.38. The second kappa shape index (κ2) is 7.48. The molecule has 0 aliphatic rings. The van der Waals surface area contributed by atoms with Crippen molar-refractivity contribution >= 4 is 11.6 Å². The Bertz CT molecular complexity index is 1120. The molecule has 1 N–H and O–H groups in total. The highest BCUT2D eigenvalue weighted by Gasteiger charge is 2.12. The number of carbonyl (C=O) groups excluding carboxylic acids is 1. The van der Waals surface area contributed by atoms with E-state index in [1.807, 2.05) is 60.1 Å². The number of nitrogens with one attached hydrogen (secondary N) is 1. The van der Waals surface area contributed by atoms with Gasteiger partial charge in [0.25, 0.3) is 5.91 Å². The van der Waals surface area contributed by atoms with Crippen molar-refractivity contribution in [2.24, 2.45) is 0 Å². The van der Waals surface area contributed by atoms with E-state index in [0.717, 1.165) is 22.6 Å². The molecule has 4 nitrogen and oxygen atoms in total. The molecular weight excluding hydrogens is 353 g/mol. The van der Waals surface area contributed by atoms with Gasteiger partial charge in [0.1, 0.15) is 5.82 Å². The van der Waals surface area contributed by atoms with Gasteiger partial charge in [-0.1, -0.05) is 42.5 Å². The third kappa shape index (κ3) is 3.55. The number of nitrogens with zero attached hydrogens (tertiary/aromatic N) is 2. The van der Waals surface area contributed by atoms with E-state index in [4.69, 9.17) is 0 Å². The molecule has 3 aromatic carbocycles. The van der Waals surface area contributed by atoms with Gasteiger partial charge in [0.05, 0.1) is 22.8 Å². The van der Waals surface area contributed by atoms with Gasteiger partial charge in [-0.15, -0.1) is 0 Å². The molecule has 138 valence electrons. The van der Waals surface area contributed by atoms with Gasteiger partial charge in [0.15, 0.2) is 0 Å². The molecule has 4 rings (SSSR count). The van der Waals surface area contributed by atoms with Crippen LogP contribution in [-0.4, -0.2) is 15.7 Å². The van der Waals surface area contributed by atoms with Gasteiger partial charge in [-0.05, 0) is 49.4 Å². The first-order valence-corrected chi connectivity index (χ1v) is 8.90. The van der Waals surface area contributed by atoms with Gasteiger partial charge in [-0.3, -0.25) is 4.79 Å². The maximum absolute atomic E-state index is 13.7. The fourth-order valence-electron chi connectivity index (χ4n) is 3.02. The maximum atomic E-state index is 13.7. The molecule has 0 aliphatic heterocycles. The van der Waals surface area contributed by atoms with Crippen molar-refractivity contribution in [1.82, 2.24) is 9.78 Å². The van der Waals surface area contributed by atoms with Crippen molar-refractivity contribution in [1.29, 1.82) is 0 Å². The summed E-state index contributed by atoms with van der Waals surface area (Å²) < 4.78 is 15.6. The van der Waals surface area contributed by atoms with E-state index in [1.54, 1.807) is 24.3 Å². The van der Waals surface area contributed by atoms with Crippen LogP contribution >= 0.6 is 0 Å². The monoisotopic (exact) mass is 371 g/mol. The Labute approximate surface area is 162 Å². The first-order valence-electron chi connectivity index (χ1n) is 8.90. The van der Waals surface area contributed by atoms with Gasteiger partial charge in [-0.2, -0.15) is 5.10 Å². The number of anilines is 1. The van der Waals surface area contributed by atoms with Gasteiger partial charge in [0.2, 0.25) is 0 Å². The third-order valence-corrected chi connectivity index (χ3v) is 4.40. The number of aryl methyl sites for hydroxylation is 1. The van der Waals surface area contributed by atoms with Crippen molar-refractivity contribution in [3.63, 3.8) is 0 Å².